The molecule has 0 bridgehead atoms. The monoisotopic (exact) mass is 328 g/mol. The van der Waals surface area contributed by atoms with Gasteiger partial charge in [-0.2, -0.15) is 9.97 Å². The molecule has 0 radical (unpaired) electrons. The molecule has 7 heteroatoms. The molecule has 0 amide bonds. The number of fused-ring (bicyclic) bond motifs is 1. The van der Waals surface area contributed by atoms with Crippen molar-refractivity contribution < 1.29 is 13.9 Å². The van der Waals surface area contributed by atoms with Crippen LogP contribution in [0.4, 0.5) is 0 Å². The third-order valence-electron chi connectivity index (χ3n) is 2.52. The molecule has 0 aliphatic rings. The average Bonchev–Trinajstić information content (AvgIpc) is 2.35. The van der Waals surface area contributed by atoms with Crippen molar-refractivity contribution in [2.75, 3.05) is 14.2 Å². The number of ether oxygens (including phenoxy) is 2. The van der Waals surface area contributed by atoms with E-state index >= 15 is 0 Å². The highest BCUT2D eigenvalue weighted by Gasteiger charge is 2.23. The Morgan fingerprint density at radius 3 is 2.47 bits per heavy atom. The largest absolute Gasteiger partial charge is 0.480 e. The molecule has 6 nitrogen and oxygen atoms in total. The van der Waals surface area contributed by atoms with Crippen LogP contribution >= 0.6 is 15.9 Å². The molecular weight excluding hydrogens is 316 g/mol. The fourth-order valence-corrected chi connectivity index (χ4v) is 1.76. The molecule has 0 saturated carbocycles. The highest BCUT2D eigenvalue weighted by Crippen LogP contribution is 2.31. The van der Waals surface area contributed by atoms with Gasteiger partial charge in [-0.05, 0) is 13.8 Å². The maximum Gasteiger partial charge on any atom is 0.351 e. The number of hydrogen-bond acceptors (Lipinski definition) is 6. The van der Waals surface area contributed by atoms with Crippen LogP contribution in [-0.2, 0) is 4.32 Å². The third-order valence-corrected chi connectivity index (χ3v) is 2.91. The first kappa shape index (κ1) is 13.8. The summed E-state index contributed by atoms with van der Waals surface area (Å²) in [4.78, 5) is 20.1. The Morgan fingerprint density at radius 1 is 1.26 bits per heavy atom. The molecule has 0 unspecified atom stereocenters. The Balaban J connectivity index is 2.84. The Labute approximate surface area is 117 Å². The van der Waals surface area contributed by atoms with Crippen LogP contribution in [0.3, 0.4) is 0 Å². The van der Waals surface area contributed by atoms with Crippen LogP contribution in [0.5, 0.6) is 11.9 Å². The van der Waals surface area contributed by atoms with Crippen LogP contribution < -0.4 is 15.1 Å². The van der Waals surface area contributed by atoms with E-state index in [1.807, 2.05) is 13.8 Å². The Bertz CT molecular complexity index is 676. The molecule has 0 spiro atoms. The quantitative estimate of drug-likeness (QED) is 0.804. The van der Waals surface area contributed by atoms with Crippen LogP contribution in [0, 0.1) is 0 Å². The maximum atomic E-state index is 12.0. The van der Waals surface area contributed by atoms with Gasteiger partial charge in [0.15, 0.2) is 0 Å². The first-order valence-corrected chi connectivity index (χ1v) is 6.29. The lowest BCUT2D eigenvalue weighted by atomic mass is 10.1. The van der Waals surface area contributed by atoms with Crippen molar-refractivity contribution in [1.29, 1.82) is 0 Å². The van der Waals surface area contributed by atoms with E-state index in [2.05, 4.69) is 25.9 Å². The predicted octanol–water partition coefficient (Wildman–Crippen LogP) is 2.23. The number of rotatable bonds is 3. The topological polar surface area (TPSA) is 74.5 Å². The molecule has 0 saturated heterocycles. The fraction of sp³-hybridized carbons (Fsp3) is 0.417. The van der Waals surface area contributed by atoms with Crippen molar-refractivity contribution in [3.05, 3.63) is 22.2 Å². The Kier molecular flexibility index (Phi) is 3.49. The van der Waals surface area contributed by atoms with Crippen LogP contribution in [0.1, 0.15) is 19.6 Å². The highest BCUT2D eigenvalue weighted by atomic mass is 79.9. The lowest BCUT2D eigenvalue weighted by molar-refractivity contribution is 0.354. The van der Waals surface area contributed by atoms with Gasteiger partial charge in [0, 0.05) is 6.07 Å². The van der Waals surface area contributed by atoms with E-state index in [9.17, 15) is 4.79 Å². The molecule has 2 rings (SSSR count). The van der Waals surface area contributed by atoms with E-state index in [0.717, 1.165) is 0 Å². The Morgan fingerprint density at radius 2 is 1.95 bits per heavy atom. The number of aromatic nitrogens is 2. The van der Waals surface area contributed by atoms with Gasteiger partial charge in [-0.15, -0.1) is 0 Å². The normalized spacial score (nSPS) is 11.6. The van der Waals surface area contributed by atoms with E-state index in [-0.39, 0.29) is 17.3 Å². The molecule has 2 aromatic heterocycles. The Hall–Kier alpha value is -1.63. The summed E-state index contributed by atoms with van der Waals surface area (Å²) in [5, 5.41) is 0.198. The van der Waals surface area contributed by atoms with Gasteiger partial charge in [-0.1, -0.05) is 15.9 Å². The van der Waals surface area contributed by atoms with Crippen molar-refractivity contribution in [3.63, 3.8) is 0 Å². The van der Waals surface area contributed by atoms with Crippen LogP contribution in [-0.4, -0.2) is 24.2 Å². The number of hydrogen-bond donors (Lipinski definition) is 0. The molecule has 0 atom stereocenters. The number of nitrogens with zero attached hydrogens (tertiary/aromatic N) is 2. The molecule has 0 aliphatic carbocycles. The van der Waals surface area contributed by atoms with Gasteiger partial charge in [-0.3, -0.25) is 0 Å². The highest BCUT2D eigenvalue weighted by molar-refractivity contribution is 9.09. The number of methoxy groups -OCH3 is 2. The van der Waals surface area contributed by atoms with Crippen molar-refractivity contribution in [3.8, 4) is 11.9 Å². The van der Waals surface area contributed by atoms with E-state index in [1.165, 1.54) is 14.2 Å². The molecule has 0 aromatic carbocycles. The second kappa shape index (κ2) is 4.80. The molecule has 0 fully saturated rings. The summed E-state index contributed by atoms with van der Waals surface area (Å²) in [6.45, 7) is 3.74. The molecule has 2 aromatic rings. The standard InChI is InChI=1S/C12H13BrN2O4/c1-12(2,13)7-5-6-8(10(16)19-7)9(17-3)15-11(14-6)18-4/h5H,1-4H3. The summed E-state index contributed by atoms with van der Waals surface area (Å²) in [6.07, 6.45) is 0. The number of halogens is 1. The van der Waals surface area contributed by atoms with Gasteiger partial charge in [-0.25, -0.2) is 4.79 Å². The first-order chi connectivity index (χ1) is 8.86. The minimum absolute atomic E-state index is 0.133. The minimum Gasteiger partial charge on any atom is -0.480 e. The van der Waals surface area contributed by atoms with Gasteiger partial charge in [0.05, 0.1) is 24.1 Å². The van der Waals surface area contributed by atoms with Crippen LogP contribution in [0.2, 0.25) is 0 Å². The van der Waals surface area contributed by atoms with Gasteiger partial charge in [0.25, 0.3) is 0 Å². The summed E-state index contributed by atoms with van der Waals surface area (Å²) >= 11 is 3.44. The summed E-state index contributed by atoms with van der Waals surface area (Å²) < 4.78 is 14.8. The zero-order valence-corrected chi connectivity index (χ0v) is 12.6. The van der Waals surface area contributed by atoms with Crippen LogP contribution in [0.25, 0.3) is 10.9 Å². The smallest absolute Gasteiger partial charge is 0.351 e. The summed E-state index contributed by atoms with van der Waals surface area (Å²) in [6, 6.07) is 1.80. The van der Waals surface area contributed by atoms with Gasteiger partial charge in [0.2, 0.25) is 5.88 Å². The molecule has 2 heterocycles. The average molecular weight is 329 g/mol. The van der Waals surface area contributed by atoms with Crippen molar-refractivity contribution in [2.24, 2.45) is 0 Å². The molecule has 19 heavy (non-hydrogen) atoms. The molecule has 0 aliphatic heterocycles. The van der Waals surface area contributed by atoms with Gasteiger partial charge >= 0.3 is 11.6 Å². The lowest BCUT2D eigenvalue weighted by Gasteiger charge is -2.15. The van der Waals surface area contributed by atoms with Crippen molar-refractivity contribution in [1.82, 2.24) is 9.97 Å². The minimum atomic E-state index is -0.542. The zero-order valence-electron chi connectivity index (χ0n) is 11.0. The molecular formula is C12H13BrN2O4. The van der Waals surface area contributed by atoms with E-state index in [4.69, 9.17) is 13.9 Å². The summed E-state index contributed by atoms with van der Waals surface area (Å²) in [7, 11) is 2.87. The van der Waals surface area contributed by atoms with E-state index in [0.29, 0.717) is 11.3 Å². The van der Waals surface area contributed by atoms with Crippen molar-refractivity contribution in [2.45, 2.75) is 18.2 Å². The summed E-state index contributed by atoms with van der Waals surface area (Å²) in [5.41, 5.74) is -0.123. The van der Waals surface area contributed by atoms with E-state index in [1.54, 1.807) is 6.07 Å². The second-order valence-electron chi connectivity index (χ2n) is 4.35. The lowest BCUT2D eigenvalue weighted by Crippen LogP contribution is -2.13. The van der Waals surface area contributed by atoms with Gasteiger partial charge in [0.1, 0.15) is 11.1 Å². The SMILES string of the molecule is COc1nc(OC)c2c(=O)oc(C(C)(C)Br)cc2n1. The molecule has 0 N–H and O–H groups in total. The predicted molar refractivity (Wildman–Crippen MR) is 73.1 cm³/mol. The van der Waals surface area contributed by atoms with Crippen molar-refractivity contribution >= 4 is 26.8 Å². The second-order valence-corrected chi connectivity index (χ2v) is 6.33. The first-order valence-electron chi connectivity index (χ1n) is 5.50. The summed E-state index contributed by atoms with van der Waals surface area (Å²) in [5.74, 6) is 0.599. The third kappa shape index (κ3) is 2.56. The number of alkyl halides is 1. The zero-order chi connectivity index (χ0) is 14.2. The maximum absolute atomic E-state index is 12.0. The fourth-order valence-electron chi connectivity index (χ4n) is 1.57. The molecule has 102 valence electrons. The van der Waals surface area contributed by atoms with E-state index < -0.39 is 9.95 Å². The van der Waals surface area contributed by atoms with Crippen LogP contribution in [0.15, 0.2) is 15.3 Å². The van der Waals surface area contributed by atoms with Gasteiger partial charge < -0.3 is 13.9 Å².